The molecule has 0 amide bonds. The molecule has 1 aliphatic heterocycles. The second-order valence-electron chi connectivity index (χ2n) is 12.5. The van der Waals surface area contributed by atoms with Crippen LogP contribution in [0.4, 0.5) is 20.2 Å². The highest BCUT2D eigenvalue weighted by molar-refractivity contribution is 6.76. The minimum absolute atomic E-state index is 0.0308. The molecule has 0 spiro atoms. The monoisotopic (exact) mass is 606 g/mol. The molecule has 10 heteroatoms. The van der Waals surface area contributed by atoms with Gasteiger partial charge in [-0.15, -0.1) is 0 Å². The summed E-state index contributed by atoms with van der Waals surface area (Å²) in [4.78, 5) is 15.0. The minimum Gasteiger partial charge on any atom is -0.465 e. The van der Waals surface area contributed by atoms with Crippen molar-refractivity contribution in [2.75, 3.05) is 25.2 Å². The van der Waals surface area contributed by atoms with Gasteiger partial charge in [0.2, 0.25) is 0 Å². The third-order valence-corrected chi connectivity index (χ3v) is 9.69. The minimum atomic E-state index is -2.65. The third-order valence-electron chi connectivity index (χ3n) is 7.98. The van der Waals surface area contributed by atoms with Crippen LogP contribution in [0.5, 0.6) is 0 Å². The number of allylic oxidation sites excluding steroid dienone is 1. The van der Waals surface area contributed by atoms with Crippen LogP contribution in [0.3, 0.4) is 0 Å². The van der Waals surface area contributed by atoms with Crippen molar-refractivity contribution < 1.29 is 23.0 Å². The first kappa shape index (κ1) is 30.7. The number of carbonyl (C=O) groups excluding carboxylic acids is 1. The van der Waals surface area contributed by atoms with E-state index in [9.17, 15) is 13.6 Å². The van der Waals surface area contributed by atoms with Crippen LogP contribution in [0.25, 0.3) is 27.6 Å². The molecular formula is C33H40F2N4O3Si. The Kier molecular flexibility index (Phi) is 8.62. The van der Waals surface area contributed by atoms with Crippen molar-refractivity contribution in [2.24, 2.45) is 7.05 Å². The van der Waals surface area contributed by atoms with Crippen LogP contribution in [-0.4, -0.2) is 48.7 Å². The summed E-state index contributed by atoms with van der Waals surface area (Å²) in [5, 5.41) is 4.91. The van der Waals surface area contributed by atoms with Gasteiger partial charge in [-0.25, -0.2) is 13.6 Å². The van der Waals surface area contributed by atoms with Gasteiger partial charge in [0, 0.05) is 74.1 Å². The summed E-state index contributed by atoms with van der Waals surface area (Å²) in [5.41, 5.74) is 6.63. The Morgan fingerprint density at radius 1 is 1.14 bits per heavy atom. The van der Waals surface area contributed by atoms with Gasteiger partial charge in [0.05, 0.1) is 24.4 Å². The van der Waals surface area contributed by atoms with Crippen molar-refractivity contribution in [3.05, 3.63) is 71.7 Å². The van der Waals surface area contributed by atoms with Crippen molar-refractivity contribution >= 4 is 41.9 Å². The Morgan fingerprint density at radius 3 is 2.53 bits per heavy atom. The average molecular weight is 607 g/mol. The van der Waals surface area contributed by atoms with Gasteiger partial charge < -0.3 is 18.9 Å². The number of anilines is 2. The van der Waals surface area contributed by atoms with Gasteiger partial charge in [0.25, 0.3) is 6.43 Å². The fourth-order valence-electron chi connectivity index (χ4n) is 5.73. The van der Waals surface area contributed by atoms with E-state index in [1.54, 1.807) is 36.4 Å². The van der Waals surface area contributed by atoms with E-state index in [1.165, 1.54) is 7.11 Å². The molecule has 43 heavy (non-hydrogen) atoms. The molecule has 0 fully saturated rings. The number of esters is 1. The number of hydrogen-bond donors (Lipinski definition) is 0. The normalized spacial score (nSPS) is 13.6. The maximum Gasteiger partial charge on any atom is 0.340 e. The Bertz CT molecular complexity index is 1690. The van der Waals surface area contributed by atoms with Gasteiger partial charge in [0.1, 0.15) is 6.73 Å². The number of aryl methyl sites for hydroxylation is 2. The lowest BCUT2D eigenvalue weighted by atomic mass is 9.92. The first-order valence-corrected chi connectivity index (χ1v) is 18.3. The third kappa shape index (κ3) is 6.31. The van der Waals surface area contributed by atoms with Crippen molar-refractivity contribution in [3.63, 3.8) is 0 Å². The summed E-state index contributed by atoms with van der Waals surface area (Å²) in [7, 11) is 1.88. The Morgan fingerprint density at radius 2 is 1.91 bits per heavy atom. The topological polar surface area (TPSA) is 61.5 Å². The van der Waals surface area contributed by atoms with Crippen LogP contribution in [0, 0.1) is 0 Å². The van der Waals surface area contributed by atoms with Crippen molar-refractivity contribution in [1.29, 1.82) is 0 Å². The molecular weight excluding hydrogens is 566 g/mol. The predicted octanol–water partition coefficient (Wildman–Crippen LogP) is 8.20. The zero-order chi connectivity index (χ0) is 31.1. The van der Waals surface area contributed by atoms with Gasteiger partial charge in [-0.1, -0.05) is 26.2 Å². The Labute approximate surface area is 252 Å². The molecule has 1 aliphatic rings. The number of aromatic nitrogens is 3. The van der Waals surface area contributed by atoms with Gasteiger partial charge in [-0.2, -0.15) is 5.10 Å². The molecule has 0 bridgehead atoms. The van der Waals surface area contributed by atoms with Gasteiger partial charge >= 0.3 is 5.97 Å². The summed E-state index contributed by atoms with van der Waals surface area (Å²) in [6.07, 6.45) is 4.13. The number of benzene rings is 2. The van der Waals surface area contributed by atoms with E-state index in [-0.39, 0.29) is 5.56 Å². The lowest BCUT2D eigenvalue weighted by Crippen LogP contribution is -2.25. The Balaban J connectivity index is 1.63. The average Bonchev–Trinajstić information content (AvgIpc) is 3.56. The second kappa shape index (κ2) is 12.1. The quantitative estimate of drug-likeness (QED) is 0.103. The molecule has 0 atom stereocenters. The van der Waals surface area contributed by atoms with Crippen LogP contribution < -0.4 is 4.90 Å². The van der Waals surface area contributed by atoms with E-state index in [0.29, 0.717) is 42.0 Å². The number of halogens is 2. The van der Waals surface area contributed by atoms with E-state index in [0.717, 1.165) is 52.5 Å². The molecule has 0 radical (unpaired) electrons. The molecule has 0 N–H and O–H groups in total. The second-order valence-corrected chi connectivity index (χ2v) is 18.2. The number of methoxy groups -OCH3 is 1. The molecule has 4 aromatic rings. The SMILES string of the molecule is C=C(C)c1cc(N2CCCc3cc(-c4cnn(C)c4)c(C(F)F)cc32)cc2c(C(=O)OC)cn(COCC[Si](C)(C)C)c12. The smallest absolute Gasteiger partial charge is 0.340 e. The highest BCUT2D eigenvalue weighted by Crippen LogP contribution is 2.43. The highest BCUT2D eigenvalue weighted by Gasteiger charge is 2.27. The zero-order valence-electron chi connectivity index (χ0n) is 25.8. The maximum absolute atomic E-state index is 14.5. The summed E-state index contributed by atoms with van der Waals surface area (Å²) in [5.74, 6) is -0.448. The Hall–Kier alpha value is -3.76. The van der Waals surface area contributed by atoms with Crippen molar-refractivity contribution in [3.8, 4) is 11.1 Å². The molecule has 7 nitrogen and oxygen atoms in total. The van der Waals surface area contributed by atoms with E-state index in [1.807, 2.05) is 29.7 Å². The number of rotatable bonds is 10. The number of ether oxygens (including phenoxy) is 2. The van der Waals surface area contributed by atoms with Crippen LogP contribution in [0.2, 0.25) is 25.7 Å². The standard InChI is InChI=1S/C33H40F2N4O3Si/c1-21(2)25-14-24(15-27-29(33(40)41-4)19-38(31(25)27)20-42-11-12-43(5,6)7)39-10-8-9-22-13-26(23-17-36-37(3)18-23)28(32(34)35)16-30(22)39/h13-19,32H,1,8-12,20H2,2-7H3. The van der Waals surface area contributed by atoms with Gasteiger partial charge in [-0.3, -0.25) is 4.68 Å². The van der Waals surface area contributed by atoms with Crippen LogP contribution in [-0.2, 0) is 29.7 Å². The predicted molar refractivity (Wildman–Crippen MR) is 171 cm³/mol. The maximum atomic E-state index is 14.5. The van der Waals surface area contributed by atoms with Crippen LogP contribution in [0.15, 0.2) is 49.4 Å². The molecule has 0 saturated heterocycles. The number of fused-ring (bicyclic) bond motifs is 2. The largest absolute Gasteiger partial charge is 0.465 e. The lowest BCUT2D eigenvalue weighted by molar-refractivity contribution is 0.0601. The molecule has 0 unspecified atom stereocenters. The van der Waals surface area contributed by atoms with Gasteiger partial charge in [-0.05, 0) is 66.8 Å². The first-order chi connectivity index (χ1) is 20.4. The molecule has 5 rings (SSSR count). The number of carbonyl (C=O) groups is 1. The summed E-state index contributed by atoms with van der Waals surface area (Å²) < 4.78 is 43.7. The van der Waals surface area contributed by atoms with Gasteiger partial charge in [0.15, 0.2) is 0 Å². The van der Waals surface area contributed by atoms with E-state index in [2.05, 4.69) is 36.2 Å². The van der Waals surface area contributed by atoms with Crippen LogP contribution >= 0.6 is 0 Å². The number of nitrogens with zero attached hydrogens (tertiary/aromatic N) is 4. The van der Waals surface area contributed by atoms with Crippen molar-refractivity contribution in [1.82, 2.24) is 14.3 Å². The zero-order valence-corrected chi connectivity index (χ0v) is 26.8. The molecule has 2 aromatic carbocycles. The summed E-state index contributed by atoms with van der Waals surface area (Å²) >= 11 is 0. The summed E-state index contributed by atoms with van der Waals surface area (Å²) in [6.45, 7) is 14.7. The van der Waals surface area contributed by atoms with Crippen molar-refractivity contribution in [2.45, 2.75) is 58.6 Å². The lowest BCUT2D eigenvalue weighted by Gasteiger charge is -2.33. The molecule has 228 valence electrons. The number of hydrogen-bond acceptors (Lipinski definition) is 5. The molecule has 0 saturated carbocycles. The van der Waals surface area contributed by atoms with E-state index >= 15 is 0 Å². The summed E-state index contributed by atoms with van der Waals surface area (Å²) in [6, 6.07) is 8.53. The molecule has 3 heterocycles. The highest BCUT2D eigenvalue weighted by atomic mass is 28.3. The fraction of sp³-hybridized carbons (Fsp3) is 0.394. The van der Waals surface area contributed by atoms with E-state index in [4.69, 9.17) is 9.47 Å². The van der Waals surface area contributed by atoms with Crippen LogP contribution in [0.1, 0.15) is 46.8 Å². The van der Waals surface area contributed by atoms with E-state index < -0.39 is 20.5 Å². The molecule has 0 aliphatic carbocycles. The molecule has 2 aromatic heterocycles. The fourth-order valence-corrected chi connectivity index (χ4v) is 6.49. The first-order valence-electron chi connectivity index (χ1n) is 14.6. The number of alkyl halides is 2.